The predicted molar refractivity (Wildman–Crippen MR) is 159 cm³/mol. The van der Waals surface area contributed by atoms with Crippen LogP contribution in [0.25, 0.3) is 11.1 Å². The molecule has 0 aliphatic heterocycles. The van der Waals surface area contributed by atoms with E-state index in [1.54, 1.807) is 6.07 Å². The van der Waals surface area contributed by atoms with Gasteiger partial charge in [0.25, 0.3) is 0 Å². The van der Waals surface area contributed by atoms with Crippen LogP contribution < -0.4 is 10.1 Å². The van der Waals surface area contributed by atoms with E-state index >= 15 is 0 Å². The molecule has 6 heteroatoms. The van der Waals surface area contributed by atoms with Crippen LogP contribution in [-0.2, 0) is 21.4 Å². The Morgan fingerprint density at radius 3 is 2.20 bits per heavy atom. The lowest BCUT2D eigenvalue weighted by atomic mass is 9.68. The number of benzene rings is 4. The Morgan fingerprint density at radius 2 is 1.52 bits per heavy atom. The molecular weight excluding hydrogens is 522 g/mol. The van der Waals surface area contributed by atoms with Crippen molar-refractivity contribution < 1.29 is 19.4 Å². The number of hydrogen-bond acceptors (Lipinski definition) is 3. The second kappa shape index (κ2) is 12.4. The number of carboxylic acids is 1. The summed E-state index contributed by atoms with van der Waals surface area (Å²) < 4.78 is 5.88. The standard InChI is InChI=1S/C34H32ClNO4/c35-28-16-14-27(15-17-28)34(20-5-2-6-21-34)33(39)36-29-18-12-25(13-19-29)26-10-7-11-30(23-26)40-31(32(37)38)22-24-8-3-1-4-9-24/h1,3-4,7-19,23,31H,2,5-6,20-22H2,(H,36,39)(H,37,38). The maximum Gasteiger partial charge on any atom is 0.345 e. The Bertz CT molecular complexity index is 1450. The maximum atomic E-state index is 13.7. The third kappa shape index (κ3) is 6.37. The van der Waals surface area contributed by atoms with Crippen molar-refractivity contribution in [3.8, 4) is 16.9 Å². The van der Waals surface area contributed by atoms with E-state index < -0.39 is 17.5 Å². The van der Waals surface area contributed by atoms with Crippen molar-refractivity contribution in [3.05, 3.63) is 119 Å². The summed E-state index contributed by atoms with van der Waals surface area (Å²) in [6, 6.07) is 32.2. The fourth-order valence-corrected chi connectivity index (χ4v) is 5.61. The van der Waals surface area contributed by atoms with Crippen LogP contribution in [0.2, 0.25) is 5.02 Å². The van der Waals surface area contributed by atoms with Gasteiger partial charge in [-0.15, -0.1) is 0 Å². The number of nitrogens with one attached hydrogen (secondary N) is 1. The van der Waals surface area contributed by atoms with Gasteiger partial charge in [0.1, 0.15) is 5.75 Å². The monoisotopic (exact) mass is 553 g/mol. The smallest absolute Gasteiger partial charge is 0.345 e. The molecule has 1 atom stereocenters. The van der Waals surface area contributed by atoms with Crippen molar-refractivity contribution in [1.29, 1.82) is 0 Å². The topological polar surface area (TPSA) is 75.6 Å². The Morgan fingerprint density at radius 1 is 0.825 bits per heavy atom. The van der Waals surface area contributed by atoms with Gasteiger partial charge in [0, 0.05) is 17.1 Å². The van der Waals surface area contributed by atoms with E-state index in [-0.39, 0.29) is 12.3 Å². The van der Waals surface area contributed by atoms with E-state index in [1.165, 1.54) is 0 Å². The van der Waals surface area contributed by atoms with Gasteiger partial charge in [0.2, 0.25) is 5.91 Å². The molecule has 4 aromatic carbocycles. The molecule has 5 nitrogen and oxygen atoms in total. The zero-order valence-corrected chi connectivity index (χ0v) is 22.9. The Labute approximate surface area is 239 Å². The molecular formula is C34H32ClNO4. The number of halogens is 1. The zero-order chi connectivity index (χ0) is 28.0. The van der Waals surface area contributed by atoms with Crippen molar-refractivity contribution in [2.75, 3.05) is 5.32 Å². The van der Waals surface area contributed by atoms with Gasteiger partial charge in [-0.25, -0.2) is 4.79 Å². The first-order chi connectivity index (χ1) is 19.4. The Kier molecular flexibility index (Phi) is 8.51. The van der Waals surface area contributed by atoms with Crippen LogP contribution in [-0.4, -0.2) is 23.1 Å². The minimum Gasteiger partial charge on any atom is -0.478 e. The van der Waals surface area contributed by atoms with Crippen molar-refractivity contribution >= 4 is 29.2 Å². The molecule has 5 rings (SSSR count). The quantitative estimate of drug-likeness (QED) is 0.221. The van der Waals surface area contributed by atoms with Crippen LogP contribution in [0.4, 0.5) is 5.69 Å². The number of amides is 1. The van der Waals surface area contributed by atoms with Crippen molar-refractivity contribution in [2.24, 2.45) is 0 Å². The van der Waals surface area contributed by atoms with E-state index in [2.05, 4.69) is 5.32 Å². The summed E-state index contributed by atoms with van der Waals surface area (Å²) in [5.41, 5.74) is 3.90. The van der Waals surface area contributed by atoms with Crippen LogP contribution in [0.3, 0.4) is 0 Å². The highest BCUT2D eigenvalue weighted by Crippen LogP contribution is 2.41. The molecule has 0 aromatic heterocycles. The van der Waals surface area contributed by atoms with Crippen LogP contribution in [0.15, 0.2) is 103 Å². The van der Waals surface area contributed by atoms with E-state index in [0.29, 0.717) is 10.8 Å². The molecule has 204 valence electrons. The predicted octanol–water partition coefficient (Wildman–Crippen LogP) is 7.92. The van der Waals surface area contributed by atoms with Crippen LogP contribution in [0.5, 0.6) is 5.75 Å². The highest BCUT2D eigenvalue weighted by molar-refractivity contribution is 6.30. The number of carboxylic acid groups (broad SMARTS) is 1. The largest absolute Gasteiger partial charge is 0.478 e. The van der Waals surface area contributed by atoms with Gasteiger partial charge in [-0.1, -0.05) is 97.6 Å². The highest BCUT2D eigenvalue weighted by Gasteiger charge is 2.41. The van der Waals surface area contributed by atoms with E-state index in [9.17, 15) is 14.7 Å². The van der Waals surface area contributed by atoms with Crippen molar-refractivity contribution in [3.63, 3.8) is 0 Å². The third-order valence-electron chi connectivity index (χ3n) is 7.67. The van der Waals surface area contributed by atoms with Gasteiger partial charge in [-0.2, -0.15) is 0 Å². The Balaban J connectivity index is 1.30. The minimum absolute atomic E-state index is 0.01000. The minimum atomic E-state index is -1.01. The average Bonchev–Trinajstić information content (AvgIpc) is 2.98. The average molecular weight is 554 g/mol. The zero-order valence-electron chi connectivity index (χ0n) is 22.2. The number of carbonyl (C=O) groups excluding carboxylic acids is 1. The van der Waals surface area contributed by atoms with Crippen LogP contribution >= 0.6 is 11.6 Å². The summed E-state index contributed by atoms with van der Waals surface area (Å²) in [6.07, 6.45) is 4.07. The molecule has 1 fully saturated rings. The number of aliphatic carboxylic acids is 1. The molecule has 1 aliphatic carbocycles. The first kappa shape index (κ1) is 27.5. The molecule has 0 heterocycles. The lowest BCUT2D eigenvalue weighted by Gasteiger charge is -2.36. The van der Waals surface area contributed by atoms with Crippen LogP contribution in [0.1, 0.15) is 43.2 Å². The van der Waals surface area contributed by atoms with Gasteiger partial charge in [0.15, 0.2) is 6.10 Å². The van der Waals surface area contributed by atoms with Gasteiger partial charge < -0.3 is 15.2 Å². The van der Waals surface area contributed by atoms with E-state index in [4.69, 9.17) is 16.3 Å². The number of hydrogen-bond donors (Lipinski definition) is 2. The first-order valence-electron chi connectivity index (χ1n) is 13.6. The molecule has 4 aromatic rings. The van der Waals surface area contributed by atoms with Crippen LogP contribution in [0, 0.1) is 0 Å². The molecule has 1 unspecified atom stereocenters. The molecule has 2 N–H and O–H groups in total. The fourth-order valence-electron chi connectivity index (χ4n) is 5.49. The summed E-state index contributed by atoms with van der Waals surface area (Å²) in [5, 5.41) is 13.5. The second-order valence-corrected chi connectivity index (χ2v) is 10.8. The van der Waals surface area contributed by atoms with Gasteiger partial charge in [-0.3, -0.25) is 4.79 Å². The number of rotatable bonds is 9. The summed E-state index contributed by atoms with van der Waals surface area (Å²) in [5.74, 6) is -0.514. The molecule has 1 amide bonds. The third-order valence-corrected chi connectivity index (χ3v) is 7.92. The summed E-state index contributed by atoms with van der Waals surface area (Å²) in [4.78, 5) is 25.5. The molecule has 0 saturated heterocycles. The normalized spacial score (nSPS) is 15.1. The molecule has 0 spiro atoms. The van der Waals surface area contributed by atoms with E-state index in [1.807, 2.05) is 97.1 Å². The molecule has 0 radical (unpaired) electrons. The number of ether oxygens (including phenoxy) is 1. The number of anilines is 1. The highest BCUT2D eigenvalue weighted by atomic mass is 35.5. The summed E-state index contributed by atoms with van der Waals surface area (Å²) in [6.45, 7) is 0. The first-order valence-corrected chi connectivity index (χ1v) is 14.0. The lowest BCUT2D eigenvalue weighted by molar-refractivity contribution is -0.145. The maximum absolute atomic E-state index is 13.7. The van der Waals surface area contributed by atoms with Gasteiger partial charge in [-0.05, 0) is 71.5 Å². The number of carbonyl (C=O) groups is 2. The molecule has 1 aliphatic rings. The van der Waals surface area contributed by atoms with Gasteiger partial charge >= 0.3 is 5.97 Å². The van der Waals surface area contributed by atoms with Crippen molar-refractivity contribution in [2.45, 2.75) is 50.0 Å². The Hall–Kier alpha value is -4.09. The molecule has 1 saturated carbocycles. The second-order valence-electron chi connectivity index (χ2n) is 10.3. The molecule has 0 bridgehead atoms. The lowest BCUT2D eigenvalue weighted by Crippen LogP contribution is -2.42. The fraction of sp³-hybridized carbons (Fsp3) is 0.235. The SMILES string of the molecule is O=C(O)C(Cc1ccccc1)Oc1cccc(-c2ccc(NC(=O)C3(c4ccc(Cl)cc4)CCCCC3)cc2)c1. The molecule has 40 heavy (non-hydrogen) atoms. The van der Waals surface area contributed by atoms with Crippen molar-refractivity contribution in [1.82, 2.24) is 0 Å². The summed E-state index contributed by atoms with van der Waals surface area (Å²) >= 11 is 6.12. The van der Waals surface area contributed by atoms with E-state index in [0.717, 1.165) is 60.0 Å². The van der Waals surface area contributed by atoms with Gasteiger partial charge in [0.05, 0.1) is 5.41 Å². The summed E-state index contributed by atoms with van der Waals surface area (Å²) in [7, 11) is 0.